The maximum atomic E-state index is 11.9. The van der Waals surface area contributed by atoms with Gasteiger partial charge in [-0.05, 0) is 24.5 Å². The molecule has 0 radical (unpaired) electrons. The van der Waals surface area contributed by atoms with Crippen molar-refractivity contribution in [1.82, 2.24) is 4.98 Å². The summed E-state index contributed by atoms with van der Waals surface area (Å²) in [6, 6.07) is 1.26. The lowest BCUT2D eigenvalue weighted by Gasteiger charge is -2.18. The van der Waals surface area contributed by atoms with Crippen LogP contribution in [-0.4, -0.2) is 16.9 Å². The van der Waals surface area contributed by atoms with E-state index in [0.717, 1.165) is 12.0 Å². The number of carbonyl (C=O) groups is 1. The fraction of sp³-hybridized carbons (Fsp3) is 0.500. The van der Waals surface area contributed by atoms with Gasteiger partial charge in [-0.1, -0.05) is 31.9 Å². The summed E-state index contributed by atoms with van der Waals surface area (Å²) in [5, 5.41) is 3.02. The van der Waals surface area contributed by atoms with Crippen molar-refractivity contribution in [2.75, 3.05) is 5.32 Å². The topological polar surface area (TPSA) is 68.0 Å². The minimum atomic E-state index is -0.532. The van der Waals surface area contributed by atoms with Gasteiger partial charge in [0.25, 0.3) is 0 Å². The lowest BCUT2D eigenvalue weighted by atomic mass is 9.99. The summed E-state index contributed by atoms with van der Waals surface area (Å²) in [5.74, 6) is -0.0943. The van der Waals surface area contributed by atoms with Gasteiger partial charge in [0.2, 0.25) is 5.91 Å². The van der Waals surface area contributed by atoms with Gasteiger partial charge in [-0.3, -0.25) is 4.79 Å². The van der Waals surface area contributed by atoms with Gasteiger partial charge in [0.15, 0.2) is 5.15 Å². The molecule has 1 amide bonds. The van der Waals surface area contributed by atoms with Crippen LogP contribution in [0.1, 0.15) is 25.8 Å². The van der Waals surface area contributed by atoms with Gasteiger partial charge in [-0.25, -0.2) is 4.98 Å². The summed E-state index contributed by atoms with van der Waals surface area (Å²) in [5.41, 5.74) is 7.25. The Balaban J connectivity index is 2.81. The number of carbonyl (C=O) groups excluding carboxylic acids is 1. The molecule has 1 rings (SSSR count). The quantitative estimate of drug-likeness (QED) is 0.812. The zero-order valence-corrected chi connectivity index (χ0v) is 11.1. The molecular formula is C12H18ClN3O. The first-order chi connectivity index (χ1) is 7.97. The van der Waals surface area contributed by atoms with E-state index in [9.17, 15) is 4.79 Å². The third kappa shape index (κ3) is 3.41. The number of nitrogens with two attached hydrogens (primary N) is 1. The Morgan fingerprint density at radius 2 is 2.29 bits per heavy atom. The molecule has 1 aromatic rings. The summed E-state index contributed by atoms with van der Waals surface area (Å²) >= 11 is 5.93. The molecule has 0 saturated heterocycles. The molecule has 1 heterocycles. The number of aryl methyl sites for hydroxylation is 1. The first-order valence-electron chi connectivity index (χ1n) is 5.64. The van der Waals surface area contributed by atoms with E-state index in [4.69, 9.17) is 17.3 Å². The lowest BCUT2D eigenvalue weighted by Crippen LogP contribution is -2.40. The number of pyridine rings is 1. The number of aromatic nitrogens is 1. The van der Waals surface area contributed by atoms with E-state index in [2.05, 4.69) is 10.3 Å². The highest BCUT2D eigenvalue weighted by atomic mass is 35.5. The van der Waals surface area contributed by atoms with Crippen LogP contribution in [0.5, 0.6) is 0 Å². The summed E-state index contributed by atoms with van der Waals surface area (Å²) in [4.78, 5) is 15.8. The van der Waals surface area contributed by atoms with E-state index < -0.39 is 6.04 Å². The molecule has 2 unspecified atom stereocenters. The van der Waals surface area contributed by atoms with Crippen LogP contribution >= 0.6 is 11.6 Å². The molecule has 17 heavy (non-hydrogen) atoms. The first kappa shape index (κ1) is 13.9. The third-order valence-corrected chi connectivity index (χ3v) is 3.21. The van der Waals surface area contributed by atoms with Crippen molar-refractivity contribution in [1.29, 1.82) is 0 Å². The summed E-state index contributed by atoms with van der Waals surface area (Å²) < 4.78 is 0. The maximum Gasteiger partial charge on any atom is 0.241 e. The molecule has 3 N–H and O–H groups in total. The minimum Gasteiger partial charge on any atom is -0.322 e. The van der Waals surface area contributed by atoms with Crippen LogP contribution in [0.3, 0.4) is 0 Å². The van der Waals surface area contributed by atoms with Crippen molar-refractivity contribution in [2.45, 2.75) is 33.2 Å². The van der Waals surface area contributed by atoms with E-state index in [-0.39, 0.29) is 17.0 Å². The van der Waals surface area contributed by atoms with E-state index in [1.54, 1.807) is 12.3 Å². The van der Waals surface area contributed by atoms with E-state index in [0.29, 0.717) is 5.69 Å². The Morgan fingerprint density at radius 1 is 1.65 bits per heavy atom. The average Bonchev–Trinajstić information content (AvgIpc) is 2.31. The second-order valence-electron chi connectivity index (χ2n) is 4.19. The zero-order valence-electron chi connectivity index (χ0n) is 10.3. The molecule has 0 aliphatic rings. The van der Waals surface area contributed by atoms with Crippen molar-refractivity contribution in [3.8, 4) is 0 Å². The minimum absolute atomic E-state index is 0.130. The molecule has 2 atom stereocenters. The maximum absolute atomic E-state index is 11.9. The van der Waals surface area contributed by atoms with Gasteiger partial charge in [0.05, 0.1) is 11.7 Å². The van der Waals surface area contributed by atoms with E-state index >= 15 is 0 Å². The van der Waals surface area contributed by atoms with Gasteiger partial charge < -0.3 is 11.1 Å². The Morgan fingerprint density at radius 3 is 2.82 bits per heavy atom. The van der Waals surface area contributed by atoms with Crippen LogP contribution in [0.25, 0.3) is 0 Å². The monoisotopic (exact) mass is 255 g/mol. The summed E-state index contributed by atoms with van der Waals surface area (Å²) in [7, 11) is 0. The van der Waals surface area contributed by atoms with Gasteiger partial charge in [-0.2, -0.15) is 0 Å². The van der Waals surface area contributed by atoms with Gasteiger partial charge >= 0.3 is 0 Å². The van der Waals surface area contributed by atoms with Crippen molar-refractivity contribution in [2.24, 2.45) is 11.7 Å². The molecule has 0 aliphatic carbocycles. The van der Waals surface area contributed by atoms with Crippen molar-refractivity contribution < 1.29 is 4.79 Å². The van der Waals surface area contributed by atoms with Gasteiger partial charge in [0, 0.05) is 6.20 Å². The number of hydrogen-bond donors (Lipinski definition) is 2. The number of halogens is 1. The highest BCUT2D eigenvalue weighted by Gasteiger charge is 2.20. The molecule has 4 nitrogen and oxygen atoms in total. The van der Waals surface area contributed by atoms with Crippen LogP contribution < -0.4 is 11.1 Å². The van der Waals surface area contributed by atoms with Gasteiger partial charge in [0.1, 0.15) is 0 Å². The number of nitrogens with one attached hydrogen (secondary N) is 1. The van der Waals surface area contributed by atoms with Crippen molar-refractivity contribution >= 4 is 23.2 Å². The molecule has 94 valence electrons. The number of rotatable bonds is 4. The Kier molecular flexibility index (Phi) is 4.90. The van der Waals surface area contributed by atoms with Crippen LogP contribution in [-0.2, 0) is 4.79 Å². The highest BCUT2D eigenvalue weighted by molar-refractivity contribution is 6.32. The fourth-order valence-electron chi connectivity index (χ4n) is 1.39. The molecule has 0 aromatic carbocycles. The number of amides is 1. The Bertz CT molecular complexity index is 388. The standard InChI is InChI=1S/C12H18ClN3O/c1-4-7(2)9(14)12(17)16-10-8(3)5-6-15-11(10)13/h5-7,9H,4,14H2,1-3H3,(H,16,17). The SMILES string of the molecule is CCC(C)C(N)C(=O)Nc1c(C)ccnc1Cl. The second kappa shape index (κ2) is 5.98. The van der Waals surface area contributed by atoms with Crippen LogP contribution in [0, 0.1) is 12.8 Å². The summed E-state index contributed by atoms with van der Waals surface area (Å²) in [6.45, 7) is 5.81. The Hall–Kier alpha value is -1.13. The number of hydrogen-bond acceptors (Lipinski definition) is 3. The van der Waals surface area contributed by atoms with Crippen LogP contribution in [0.15, 0.2) is 12.3 Å². The molecule has 0 bridgehead atoms. The van der Waals surface area contributed by atoms with E-state index in [1.807, 2.05) is 20.8 Å². The molecule has 0 fully saturated rings. The molecule has 0 spiro atoms. The third-order valence-electron chi connectivity index (χ3n) is 2.92. The zero-order chi connectivity index (χ0) is 13.0. The molecule has 0 aliphatic heterocycles. The predicted octanol–water partition coefficient (Wildman–Crippen LogP) is 2.36. The summed E-state index contributed by atoms with van der Waals surface area (Å²) in [6.07, 6.45) is 2.45. The highest BCUT2D eigenvalue weighted by Crippen LogP contribution is 2.23. The molecule has 1 aromatic heterocycles. The smallest absolute Gasteiger partial charge is 0.241 e. The fourth-order valence-corrected chi connectivity index (χ4v) is 1.65. The molecule has 5 heteroatoms. The van der Waals surface area contributed by atoms with Crippen molar-refractivity contribution in [3.63, 3.8) is 0 Å². The van der Waals surface area contributed by atoms with Gasteiger partial charge in [-0.15, -0.1) is 0 Å². The average molecular weight is 256 g/mol. The van der Waals surface area contributed by atoms with Crippen molar-refractivity contribution in [3.05, 3.63) is 23.0 Å². The van der Waals surface area contributed by atoms with E-state index in [1.165, 1.54) is 0 Å². The largest absolute Gasteiger partial charge is 0.322 e. The number of anilines is 1. The second-order valence-corrected chi connectivity index (χ2v) is 4.55. The lowest BCUT2D eigenvalue weighted by molar-refractivity contribution is -0.118. The van der Waals surface area contributed by atoms with Crippen LogP contribution in [0.4, 0.5) is 5.69 Å². The van der Waals surface area contributed by atoms with Crippen LogP contribution in [0.2, 0.25) is 5.15 Å². The Labute approximate surface area is 107 Å². The predicted molar refractivity (Wildman–Crippen MR) is 70.0 cm³/mol. The first-order valence-corrected chi connectivity index (χ1v) is 6.02. The number of nitrogens with zero attached hydrogens (tertiary/aromatic N) is 1. The normalized spacial score (nSPS) is 14.2. The molecular weight excluding hydrogens is 238 g/mol. The molecule has 0 saturated carbocycles.